The number of aromatic hydroxyl groups is 2. The summed E-state index contributed by atoms with van der Waals surface area (Å²) in [5.74, 6) is 2.59. The van der Waals surface area contributed by atoms with E-state index in [1.807, 2.05) is 78.9 Å². The Labute approximate surface area is 464 Å². The first-order valence-corrected chi connectivity index (χ1v) is 27.5. The molecule has 0 fully saturated rings. The number of fused-ring (bicyclic) bond motifs is 1. The first-order valence-electron chi connectivity index (χ1n) is 27.5. The van der Waals surface area contributed by atoms with Crippen LogP contribution in [0.1, 0.15) is 167 Å². The van der Waals surface area contributed by atoms with Gasteiger partial charge in [-0.05, 0) is 113 Å². The van der Waals surface area contributed by atoms with E-state index in [-0.39, 0.29) is 16.7 Å². The van der Waals surface area contributed by atoms with Crippen molar-refractivity contribution < 1.29 is 29.2 Å². The van der Waals surface area contributed by atoms with Crippen molar-refractivity contribution in [1.29, 1.82) is 0 Å². The molecule has 0 aliphatic heterocycles. The van der Waals surface area contributed by atoms with Crippen LogP contribution < -0.4 is 18.9 Å². The average molecular weight is 1040 g/mol. The summed E-state index contributed by atoms with van der Waals surface area (Å²) in [4.78, 5) is 0. The summed E-state index contributed by atoms with van der Waals surface area (Å²) in [6.45, 7) is 27.4. The summed E-state index contributed by atoms with van der Waals surface area (Å²) in [7, 11) is 0. The molecule has 9 rings (SSSR count). The van der Waals surface area contributed by atoms with Crippen LogP contribution in [0.3, 0.4) is 0 Å². The number of ether oxygens (including phenoxy) is 4. The first-order chi connectivity index (χ1) is 37.0. The van der Waals surface area contributed by atoms with E-state index in [1.54, 1.807) is 0 Å². The second-order valence-corrected chi connectivity index (χ2v) is 25.2. The highest BCUT2D eigenvalue weighted by atomic mass is 16.5. The fourth-order valence-corrected chi connectivity index (χ4v) is 10.7. The molecule has 8 aromatic rings. The molecule has 1 aliphatic carbocycles. The molecule has 78 heavy (non-hydrogen) atoms. The van der Waals surface area contributed by atoms with Gasteiger partial charge in [0, 0.05) is 40.7 Å². The van der Waals surface area contributed by atoms with Gasteiger partial charge >= 0.3 is 0 Å². The largest absolute Gasteiger partial charge is 0.507 e. The molecule has 6 heteroatoms. The van der Waals surface area contributed by atoms with Gasteiger partial charge in [-0.3, -0.25) is 0 Å². The molecular formula is C72H78O6. The molecule has 0 aromatic heterocycles. The predicted molar refractivity (Wildman–Crippen MR) is 319 cm³/mol. The van der Waals surface area contributed by atoms with Crippen molar-refractivity contribution in [3.8, 4) is 34.5 Å². The van der Waals surface area contributed by atoms with Crippen LogP contribution in [0.4, 0.5) is 0 Å². The van der Waals surface area contributed by atoms with Gasteiger partial charge in [-0.2, -0.15) is 0 Å². The van der Waals surface area contributed by atoms with Gasteiger partial charge in [0.25, 0.3) is 0 Å². The highest BCUT2D eigenvalue weighted by Gasteiger charge is 2.44. The van der Waals surface area contributed by atoms with Crippen molar-refractivity contribution in [3.05, 3.63) is 248 Å². The molecule has 0 unspecified atom stereocenters. The molecule has 0 spiro atoms. The van der Waals surface area contributed by atoms with Crippen molar-refractivity contribution in [2.24, 2.45) is 0 Å². The smallest absolute Gasteiger partial charge is 0.127 e. The molecule has 0 amide bonds. The highest BCUT2D eigenvalue weighted by Crippen LogP contribution is 2.61. The Bertz CT molecular complexity index is 3250. The predicted octanol–water partition coefficient (Wildman–Crippen LogP) is 18.1. The van der Waals surface area contributed by atoms with Gasteiger partial charge in [0.05, 0.1) is 0 Å². The van der Waals surface area contributed by atoms with Crippen LogP contribution in [0.25, 0.3) is 11.6 Å². The van der Waals surface area contributed by atoms with Crippen molar-refractivity contribution in [2.45, 2.75) is 143 Å². The Morgan fingerprint density at radius 2 is 0.705 bits per heavy atom. The zero-order valence-corrected chi connectivity index (χ0v) is 47.8. The molecule has 2 N–H and O–H groups in total. The molecule has 402 valence electrons. The summed E-state index contributed by atoms with van der Waals surface area (Å²) in [5.41, 5.74) is 12.1. The zero-order chi connectivity index (χ0) is 55.6. The minimum Gasteiger partial charge on any atom is -0.507 e. The molecule has 0 heterocycles. The van der Waals surface area contributed by atoms with Gasteiger partial charge in [-0.15, -0.1) is 0 Å². The minimum absolute atomic E-state index is 0.316. The Balaban J connectivity index is 1.39. The third-order valence-corrected chi connectivity index (χ3v) is 14.8. The van der Waals surface area contributed by atoms with Gasteiger partial charge < -0.3 is 29.2 Å². The molecule has 0 saturated heterocycles. The zero-order valence-electron chi connectivity index (χ0n) is 47.8. The lowest BCUT2D eigenvalue weighted by molar-refractivity contribution is 0.287. The van der Waals surface area contributed by atoms with Crippen LogP contribution in [0, 0.1) is 0 Å². The highest BCUT2D eigenvalue weighted by molar-refractivity contribution is 5.94. The molecular weight excluding hydrogens is 961 g/mol. The lowest BCUT2D eigenvalue weighted by atomic mass is 9.73. The van der Waals surface area contributed by atoms with Gasteiger partial charge in [0.15, 0.2) is 0 Å². The maximum Gasteiger partial charge on any atom is 0.127 e. The Morgan fingerprint density at radius 1 is 0.372 bits per heavy atom. The van der Waals surface area contributed by atoms with E-state index < -0.39 is 16.7 Å². The third-order valence-electron chi connectivity index (χ3n) is 14.8. The number of phenols is 2. The molecule has 1 aliphatic rings. The van der Waals surface area contributed by atoms with Crippen LogP contribution >= 0.6 is 0 Å². The van der Waals surface area contributed by atoms with E-state index in [0.29, 0.717) is 60.9 Å². The average Bonchev–Trinajstić information content (AvgIpc) is 3.86. The van der Waals surface area contributed by atoms with Gasteiger partial charge in [0.1, 0.15) is 60.9 Å². The normalized spacial score (nSPS) is 15.3. The topological polar surface area (TPSA) is 77.4 Å². The number of allylic oxidation sites excluding steroid dienone is 1. The number of hydrogen-bond donors (Lipinski definition) is 2. The van der Waals surface area contributed by atoms with Gasteiger partial charge in [0.2, 0.25) is 0 Å². The molecule has 0 saturated carbocycles. The summed E-state index contributed by atoms with van der Waals surface area (Å²) >= 11 is 0. The maximum atomic E-state index is 12.4. The minimum atomic E-state index is -0.417. The van der Waals surface area contributed by atoms with E-state index in [2.05, 4.69) is 186 Å². The standard InChI is InChI=1S/C72H78O6/c1-69(2,3)59-34-51(35-60(67(59)73)70(4,5)6)33-57-58-41-56(77-45-49-29-21-15-22-30-49)42-63(78-46-50-31-23-16-24-32-50)66(58)65(53-38-61(71(7,8)9)68(74)62(39-53)72(10,11)12)64(57)52-36-54(75-43-47-25-17-13-18-26-47)40-55(37-52)76-44-48-27-19-14-20-28-48/h13-42,64-65,73-74H,43-46H2,1-12H3/b57-33+/t64-,65+/m0/s1. The number of hydrogen-bond acceptors (Lipinski definition) is 6. The van der Waals surface area contributed by atoms with Crippen LogP contribution in [0.5, 0.6) is 34.5 Å². The molecule has 0 radical (unpaired) electrons. The molecule has 2 atom stereocenters. The first kappa shape index (κ1) is 55.1. The van der Waals surface area contributed by atoms with E-state index in [9.17, 15) is 10.2 Å². The Kier molecular flexibility index (Phi) is 15.8. The second-order valence-electron chi connectivity index (χ2n) is 25.2. The fourth-order valence-electron chi connectivity index (χ4n) is 10.7. The fraction of sp³-hybridized carbons (Fsp3) is 0.306. The number of phenolic OH excluding ortho intramolecular Hbond substituents is 2. The number of benzene rings is 8. The maximum absolute atomic E-state index is 12.4. The van der Waals surface area contributed by atoms with Crippen molar-refractivity contribution in [2.75, 3.05) is 0 Å². The summed E-state index contributed by atoms with van der Waals surface area (Å²) in [6.07, 6.45) is 2.33. The molecule has 6 nitrogen and oxygen atoms in total. The van der Waals surface area contributed by atoms with Gasteiger partial charge in [-0.1, -0.05) is 223 Å². The quantitative estimate of drug-likeness (QED) is 0.107. The van der Waals surface area contributed by atoms with Crippen LogP contribution in [-0.4, -0.2) is 10.2 Å². The van der Waals surface area contributed by atoms with E-state index in [1.165, 1.54) is 0 Å². The Hall–Kier alpha value is -7.70. The van der Waals surface area contributed by atoms with Crippen LogP contribution in [0.15, 0.2) is 176 Å². The summed E-state index contributed by atoms with van der Waals surface area (Å²) in [6, 6.07) is 60.4. The second kappa shape index (κ2) is 22.3. The van der Waals surface area contributed by atoms with E-state index in [0.717, 1.165) is 77.9 Å². The van der Waals surface area contributed by atoms with Crippen LogP contribution in [0.2, 0.25) is 0 Å². The lowest BCUT2D eigenvalue weighted by Crippen LogP contribution is -2.19. The van der Waals surface area contributed by atoms with Gasteiger partial charge in [-0.25, -0.2) is 0 Å². The lowest BCUT2D eigenvalue weighted by Gasteiger charge is -2.31. The monoisotopic (exact) mass is 1040 g/mol. The summed E-state index contributed by atoms with van der Waals surface area (Å²) < 4.78 is 27.7. The third kappa shape index (κ3) is 12.7. The molecule has 8 aromatic carbocycles. The molecule has 0 bridgehead atoms. The van der Waals surface area contributed by atoms with Crippen molar-refractivity contribution >= 4 is 11.6 Å². The SMILES string of the molecule is CC(C)(C)c1cc(/C=C2\c3cc(OCc4ccccc4)cc(OCc4ccccc4)c3[C@H](c3cc(C(C)(C)C)c(O)c(C(C)(C)C)c3)[C@H]2c2cc(OCc3ccccc3)cc(OCc3ccccc3)c2)cc(C(C)(C)C)c1O. The Morgan fingerprint density at radius 3 is 1.08 bits per heavy atom. The van der Waals surface area contributed by atoms with Crippen molar-refractivity contribution in [3.63, 3.8) is 0 Å². The summed E-state index contributed by atoms with van der Waals surface area (Å²) in [5, 5.41) is 24.5. The van der Waals surface area contributed by atoms with Crippen LogP contribution in [-0.2, 0) is 48.1 Å². The van der Waals surface area contributed by atoms with E-state index in [4.69, 9.17) is 18.9 Å². The van der Waals surface area contributed by atoms with Crippen molar-refractivity contribution in [1.82, 2.24) is 0 Å². The number of rotatable bonds is 15. The van der Waals surface area contributed by atoms with E-state index >= 15 is 0 Å².